The van der Waals surface area contributed by atoms with Crippen molar-refractivity contribution in [3.8, 4) is 10.4 Å². The van der Waals surface area contributed by atoms with Crippen LogP contribution in [-0.2, 0) is 17.7 Å². The minimum Gasteiger partial charge on any atom is -0.379 e. The summed E-state index contributed by atoms with van der Waals surface area (Å²) in [6.45, 7) is 6.98. The topological polar surface area (TPSA) is 12.5 Å². The largest absolute Gasteiger partial charge is 0.379 e. The molecule has 0 bridgehead atoms. The van der Waals surface area contributed by atoms with Crippen molar-refractivity contribution in [3.63, 3.8) is 0 Å². The second-order valence-electron chi connectivity index (χ2n) is 6.96. The van der Waals surface area contributed by atoms with Gasteiger partial charge in [-0.2, -0.15) is 0 Å². The van der Waals surface area contributed by atoms with E-state index in [1.807, 2.05) is 11.3 Å². The van der Waals surface area contributed by atoms with Gasteiger partial charge in [-0.1, -0.05) is 42.5 Å². The molecule has 26 heavy (non-hydrogen) atoms. The Morgan fingerprint density at radius 1 is 0.962 bits per heavy atom. The molecule has 3 heteroatoms. The van der Waals surface area contributed by atoms with Crippen LogP contribution in [0.15, 0.2) is 60.7 Å². The van der Waals surface area contributed by atoms with Gasteiger partial charge in [0.25, 0.3) is 0 Å². The quantitative estimate of drug-likeness (QED) is 0.622. The number of benzene rings is 2. The number of thiophene rings is 1. The maximum atomic E-state index is 5.45. The monoisotopic (exact) mass is 363 g/mol. The Kier molecular flexibility index (Phi) is 5.49. The highest BCUT2D eigenvalue weighted by atomic mass is 32.1. The van der Waals surface area contributed by atoms with Crippen LogP contribution in [0.2, 0.25) is 0 Å². The van der Waals surface area contributed by atoms with Crippen LogP contribution < -0.4 is 0 Å². The Bertz CT molecular complexity index is 864. The molecule has 0 aliphatic carbocycles. The van der Waals surface area contributed by atoms with E-state index in [9.17, 15) is 0 Å². The van der Waals surface area contributed by atoms with Gasteiger partial charge in [0.1, 0.15) is 0 Å². The van der Waals surface area contributed by atoms with Crippen LogP contribution in [0.25, 0.3) is 10.4 Å². The minimum atomic E-state index is 0.854. The van der Waals surface area contributed by atoms with Crippen molar-refractivity contribution in [1.82, 2.24) is 4.90 Å². The molecule has 1 saturated heterocycles. The summed E-state index contributed by atoms with van der Waals surface area (Å²) in [5, 5.41) is 0. The molecule has 1 aromatic heterocycles. The van der Waals surface area contributed by atoms with Gasteiger partial charge in [-0.25, -0.2) is 0 Å². The second kappa shape index (κ2) is 8.17. The summed E-state index contributed by atoms with van der Waals surface area (Å²) in [4.78, 5) is 5.26. The molecule has 3 aromatic rings. The van der Waals surface area contributed by atoms with E-state index in [1.165, 1.54) is 32.0 Å². The van der Waals surface area contributed by atoms with Gasteiger partial charge in [-0.15, -0.1) is 11.3 Å². The van der Waals surface area contributed by atoms with Crippen molar-refractivity contribution in [2.45, 2.75) is 19.9 Å². The molecule has 134 valence electrons. The molecule has 2 heterocycles. The highest BCUT2D eigenvalue weighted by Crippen LogP contribution is 2.30. The first kappa shape index (κ1) is 17.5. The van der Waals surface area contributed by atoms with Gasteiger partial charge in [0.05, 0.1) is 13.2 Å². The molecule has 1 aliphatic rings. The van der Waals surface area contributed by atoms with Crippen LogP contribution in [0.3, 0.4) is 0 Å². The SMILES string of the molecule is Cc1ccccc1Cc1ccc(-c2cccc(CN3CCOCC3)c2)s1. The summed E-state index contributed by atoms with van der Waals surface area (Å²) >= 11 is 1.91. The molecule has 0 N–H and O–H groups in total. The van der Waals surface area contributed by atoms with Gasteiger partial charge < -0.3 is 4.74 Å². The van der Waals surface area contributed by atoms with E-state index in [4.69, 9.17) is 4.74 Å². The van der Waals surface area contributed by atoms with Crippen molar-refractivity contribution < 1.29 is 4.74 Å². The molecule has 0 spiro atoms. The lowest BCUT2D eigenvalue weighted by molar-refractivity contribution is 0.0342. The Balaban J connectivity index is 1.48. The molecular formula is C23H25NOS. The number of rotatable bonds is 5. The predicted octanol–water partition coefficient (Wildman–Crippen LogP) is 5.15. The first-order valence-corrected chi connectivity index (χ1v) is 10.1. The Labute approximate surface area is 160 Å². The molecule has 1 fully saturated rings. The Morgan fingerprint density at radius 3 is 2.65 bits per heavy atom. The van der Waals surface area contributed by atoms with E-state index in [0.29, 0.717) is 0 Å². The van der Waals surface area contributed by atoms with Crippen molar-refractivity contribution in [2.75, 3.05) is 26.3 Å². The zero-order chi connectivity index (χ0) is 17.8. The zero-order valence-corrected chi connectivity index (χ0v) is 16.1. The van der Waals surface area contributed by atoms with Crippen LogP contribution in [0, 0.1) is 6.92 Å². The molecule has 0 saturated carbocycles. The van der Waals surface area contributed by atoms with Crippen molar-refractivity contribution in [2.24, 2.45) is 0 Å². The number of aryl methyl sites for hydroxylation is 1. The number of ether oxygens (including phenoxy) is 1. The van der Waals surface area contributed by atoms with Gasteiger partial charge in [0.15, 0.2) is 0 Å². The minimum absolute atomic E-state index is 0.854. The number of hydrogen-bond acceptors (Lipinski definition) is 3. The lowest BCUT2D eigenvalue weighted by Gasteiger charge is -2.26. The summed E-state index contributed by atoms with van der Waals surface area (Å²) in [6.07, 6.45) is 1.02. The molecule has 0 amide bonds. The fourth-order valence-electron chi connectivity index (χ4n) is 3.46. The smallest absolute Gasteiger partial charge is 0.0594 e. The maximum Gasteiger partial charge on any atom is 0.0594 e. The molecule has 0 radical (unpaired) electrons. The van der Waals surface area contributed by atoms with E-state index in [0.717, 1.165) is 39.3 Å². The maximum absolute atomic E-state index is 5.45. The van der Waals surface area contributed by atoms with Crippen LogP contribution >= 0.6 is 11.3 Å². The summed E-state index contributed by atoms with van der Waals surface area (Å²) in [6, 6.07) is 22.2. The average Bonchev–Trinajstić information content (AvgIpc) is 3.13. The zero-order valence-electron chi connectivity index (χ0n) is 15.3. The standard InChI is InChI=1S/C23H25NOS/c1-18-5-2-3-7-20(18)16-22-9-10-23(26-22)21-8-4-6-19(15-21)17-24-11-13-25-14-12-24/h2-10,15H,11-14,16-17H2,1H3. The molecule has 1 aliphatic heterocycles. The summed E-state index contributed by atoms with van der Waals surface area (Å²) in [5.41, 5.74) is 5.51. The van der Waals surface area contributed by atoms with E-state index in [2.05, 4.69) is 72.5 Å². The van der Waals surface area contributed by atoms with Crippen molar-refractivity contribution in [3.05, 3.63) is 82.2 Å². The fourth-order valence-corrected chi connectivity index (χ4v) is 4.49. The lowest BCUT2D eigenvalue weighted by atomic mass is 10.1. The summed E-state index contributed by atoms with van der Waals surface area (Å²) < 4.78 is 5.45. The summed E-state index contributed by atoms with van der Waals surface area (Å²) in [7, 11) is 0. The molecule has 4 rings (SSSR count). The van der Waals surface area contributed by atoms with E-state index >= 15 is 0 Å². The molecule has 2 aromatic carbocycles. The average molecular weight is 364 g/mol. The predicted molar refractivity (Wildman–Crippen MR) is 110 cm³/mol. The van der Waals surface area contributed by atoms with Crippen LogP contribution in [0.5, 0.6) is 0 Å². The lowest BCUT2D eigenvalue weighted by Crippen LogP contribution is -2.35. The Morgan fingerprint density at radius 2 is 1.81 bits per heavy atom. The third-order valence-electron chi connectivity index (χ3n) is 5.01. The third-order valence-corrected chi connectivity index (χ3v) is 6.14. The first-order valence-electron chi connectivity index (χ1n) is 9.30. The van der Waals surface area contributed by atoms with E-state index < -0.39 is 0 Å². The molecule has 0 atom stereocenters. The van der Waals surface area contributed by atoms with Crippen LogP contribution in [0.1, 0.15) is 21.6 Å². The Hall–Kier alpha value is -1.94. The molecule has 2 nitrogen and oxygen atoms in total. The van der Waals surface area contributed by atoms with Crippen LogP contribution in [-0.4, -0.2) is 31.2 Å². The highest BCUT2D eigenvalue weighted by Gasteiger charge is 2.11. The van der Waals surface area contributed by atoms with Crippen molar-refractivity contribution in [1.29, 1.82) is 0 Å². The van der Waals surface area contributed by atoms with Gasteiger partial charge in [0, 0.05) is 35.8 Å². The fraction of sp³-hybridized carbons (Fsp3) is 0.304. The number of morpholine rings is 1. The van der Waals surface area contributed by atoms with E-state index in [1.54, 1.807) is 0 Å². The van der Waals surface area contributed by atoms with Gasteiger partial charge in [-0.3, -0.25) is 4.90 Å². The summed E-state index contributed by atoms with van der Waals surface area (Å²) in [5.74, 6) is 0. The second-order valence-corrected chi connectivity index (χ2v) is 8.13. The highest BCUT2D eigenvalue weighted by molar-refractivity contribution is 7.15. The molecule has 0 unspecified atom stereocenters. The van der Waals surface area contributed by atoms with Gasteiger partial charge >= 0.3 is 0 Å². The third kappa shape index (κ3) is 4.24. The van der Waals surface area contributed by atoms with Gasteiger partial charge in [-0.05, 0) is 47.4 Å². The van der Waals surface area contributed by atoms with Crippen molar-refractivity contribution >= 4 is 11.3 Å². The van der Waals surface area contributed by atoms with Gasteiger partial charge in [0.2, 0.25) is 0 Å². The van der Waals surface area contributed by atoms with Crippen LogP contribution in [0.4, 0.5) is 0 Å². The first-order chi connectivity index (χ1) is 12.8. The number of nitrogens with zero attached hydrogens (tertiary/aromatic N) is 1. The van der Waals surface area contributed by atoms with E-state index in [-0.39, 0.29) is 0 Å². The number of hydrogen-bond donors (Lipinski definition) is 0. The molecular weight excluding hydrogens is 338 g/mol. The normalized spacial score (nSPS) is 15.3.